The van der Waals surface area contributed by atoms with Gasteiger partial charge in [0.15, 0.2) is 0 Å². The second kappa shape index (κ2) is 6.14. The Balaban J connectivity index is 1.75. The minimum Gasteiger partial charge on any atom is -0.337 e. The summed E-state index contributed by atoms with van der Waals surface area (Å²) >= 11 is 3.65. The Morgan fingerprint density at radius 2 is 1.95 bits per heavy atom. The highest BCUT2D eigenvalue weighted by molar-refractivity contribution is 9.09. The fraction of sp³-hybridized carbons (Fsp3) is 0.412. The van der Waals surface area contributed by atoms with Crippen molar-refractivity contribution in [2.75, 3.05) is 13.1 Å². The minimum atomic E-state index is 0.0569. The molecule has 1 amide bonds. The number of likely N-dealkylation sites (tertiary alicyclic amines) is 1. The lowest BCUT2D eigenvalue weighted by Crippen LogP contribution is -2.40. The summed E-state index contributed by atoms with van der Waals surface area (Å²) in [6, 6.07) is 11.7. The topological polar surface area (TPSA) is 33.2 Å². The number of pyridine rings is 1. The van der Waals surface area contributed by atoms with Gasteiger partial charge in [-0.3, -0.25) is 4.79 Å². The summed E-state index contributed by atoms with van der Waals surface area (Å²) in [6.45, 7) is 3.84. The molecule has 3 rings (SSSR count). The second-order valence-corrected chi connectivity index (χ2v) is 7.14. The highest BCUT2D eigenvalue weighted by Crippen LogP contribution is 2.25. The lowest BCUT2D eigenvalue weighted by atomic mass is 9.94. The standard InChI is InChI=1S/C17H19BrN2O/c1-12(18)13-8-10-20(11-9-13)17(21)16-7-6-14-4-2-3-5-15(14)19-16/h2-7,12-13H,8-11H2,1H3. The molecule has 0 bridgehead atoms. The zero-order valence-electron chi connectivity index (χ0n) is 12.1. The number of nitrogens with zero attached hydrogens (tertiary/aromatic N) is 2. The maximum Gasteiger partial charge on any atom is 0.272 e. The van der Waals surface area contributed by atoms with Crippen LogP contribution < -0.4 is 0 Å². The predicted molar refractivity (Wildman–Crippen MR) is 88.8 cm³/mol. The van der Waals surface area contributed by atoms with Crippen LogP contribution in [0.15, 0.2) is 36.4 Å². The lowest BCUT2D eigenvalue weighted by Gasteiger charge is -2.33. The zero-order valence-corrected chi connectivity index (χ0v) is 13.7. The van der Waals surface area contributed by atoms with Crippen LogP contribution in [0.25, 0.3) is 10.9 Å². The first-order chi connectivity index (χ1) is 10.1. The van der Waals surface area contributed by atoms with Gasteiger partial charge in [0.2, 0.25) is 0 Å². The van der Waals surface area contributed by atoms with Crippen LogP contribution in [0.3, 0.4) is 0 Å². The van der Waals surface area contributed by atoms with Crippen molar-refractivity contribution in [3.8, 4) is 0 Å². The van der Waals surface area contributed by atoms with Crippen LogP contribution in [-0.2, 0) is 0 Å². The number of amides is 1. The molecular formula is C17H19BrN2O. The molecule has 1 aliphatic heterocycles. The van der Waals surface area contributed by atoms with Crippen LogP contribution in [0.5, 0.6) is 0 Å². The van der Waals surface area contributed by atoms with E-state index in [-0.39, 0.29) is 5.91 Å². The molecule has 1 aromatic carbocycles. The van der Waals surface area contributed by atoms with E-state index in [0.29, 0.717) is 16.4 Å². The number of piperidine rings is 1. The summed E-state index contributed by atoms with van der Waals surface area (Å²) in [4.78, 5) is 19.5. The molecule has 0 spiro atoms. The highest BCUT2D eigenvalue weighted by atomic mass is 79.9. The molecule has 0 saturated carbocycles. The molecule has 1 aliphatic rings. The Labute approximate surface area is 133 Å². The van der Waals surface area contributed by atoms with Crippen molar-refractivity contribution in [1.82, 2.24) is 9.88 Å². The lowest BCUT2D eigenvalue weighted by molar-refractivity contribution is 0.0686. The molecule has 4 heteroatoms. The third-order valence-electron chi connectivity index (χ3n) is 4.29. The average molecular weight is 347 g/mol. The molecular weight excluding hydrogens is 328 g/mol. The Morgan fingerprint density at radius 1 is 1.24 bits per heavy atom. The minimum absolute atomic E-state index is 0.0569. The molecule has 0 aliphatic carbocycles. The van der Waals surface area contributed by atoms with E-state index >= 15 is 0 Å². The molecule has 0 N–H and O–H groups in total. The van der Waals surface area contributed by atoms with E-state index in [1.165, 1.54) is 0 Å². The Kier molecular flexibility index (Phi) is 4.24. The quantitative estimate of drug-likeness (QED) is 0.773. The summed E-state index contributed by atoms with van der Waals surface area (Å²) in [5, 5.41) is 1.07. The van der Waals surface area contributed by atoms with E-state index in [0.717, 1.165) is 36.8 Å². The number of carbonyl (C=O) groups excluding carboxylic acids is 1. The number of rotatable bonds is 2. The molecule has 1 unspecified atom stereocenters. The number of hydrogen-bond acceptors (Lipinski definition) is 2. The monoisotopic (exact) mass is 346 g/mol. The number of hydrogen-bond donors (Lipinski definition) is 0. The van der Waals surface area contributed by atoms with Gasteiger partial charge >= 0.3 is 0 Å². The molecule has 110 valence electrons. The summed E-state index contributed by atoms with van der Waals surface area (Å²) < 4.78 is 0. The predicted octanol–water partition coefficient (Wildman–Crippen LogP) is 3.87. The van der Waals surface area contributed by atoms with Gasteiger partial charge in [-0.1, -0.05) is 47.1 Å². The van der Waals surface area contributed by atoms with Crippen molar-refractivity contribution < 1.29 is 4.79 Å². The van der Waals surface area contributed by atoms with Gasteiger partial charge < -0.3 is 4.90 Å². The number of alkyl halides is 1. The van der Waals surface area contributed by atoms with Crippen LogP contribution in [0.2, 0.25) is 0 Å². The largest absolute Gasteiger partial charge is 0.337 e. The third-order valence-corrected chi connectivity index (χ3v) is 5.04. The second-order valence-electron chi connectivity index (χ2n) is 5.70. The molecule has 1 saturated heterocycles. The first kappa shape index (κ1) is 14.5. The van der Waals surface area contributed by atoms with Gasteiger partial charge in [0.05, 0.1) is 5.52 Å². The normalized spacial score (nSPS) is 17.9. The van der Waals surface area contributed by atoms with Crippen molar-refractivity contribution in [3.05, 3.63) is 42.1 Å². The van der Waals surface area contributed by atoms with Crippen LogP contribution in [-0.4, -0.2) is 33.7 Å². The van der Waals surface area contributed by atoms with Gasteiger partial charge in [0.25, 0.3) is 5.91 Å². The van der Waals surface area contributed by atoms with E-state index in [1.807, 2.05) is 41.3 Å². The van der Waals surface area contributed by atoms with Crippen LogP contribution in [0, 0.1) is 5.92 Å². The number of benzene rings is 1. The zero-order chi connectivity index (χ0) is 14.8. The molecule has 1 fully saturated rings. The Bertz CT molecular complexity index is 648. The van der Waals surface area contributed by atoms with E-state index in [9.17, 15) is 4.79 Å². The molecule has 21 heavy (non-hydrogen) atoms. The molecule has 0 radical (unpaired) electrons. The van der Waals surface area contributed by atoms with Crippen molar-refractivity contribution in [2.24, 2.45) is 5.92 Å². The maximum atomic E-state index is 12.6. The van der Waals surface area contributed by atoms with Crippen LogP contribution in [0.1, 0.15) is 30.3 Å². The van der Waals surface area contributed by atoms with Crippen LogP contribution >= 0.6 is 15.9 Å². The first-order valence-corrected chi connectivity index (χ1v) is 8.36. The van der Waals surface area contributed by atoms with E-state index in [4.69, 9.17) is 0 Å². The first-order valence-electron chi connectivity index (χ1n) is 7.44. The molecule has 1 aromatic heterocycles. The Hall–Kier alpha value is -1.42. The molecule has 2 aromatic rings. The average Bonchev–Trinajstić information content (AvgIpc) is 2.54. The van der Waals surface area contributed by atoms with Gasteiger partial charge in [-0.05, 0) is 30.9 Å². The van der Waals surface area contributed by atoms with Crippen LogP contribution in [0.4, 0.5) is 0 Å². The SMILES string of the molecule is CC(Br)C1CCN(C(=O)c2ccc3ccccc3n2)CC1. The maximum absolute atomic E-state index is 12.6. The summed E-state index contributed by atoms with van der Waals surface area (Å²) in [5.41, 5.74) is 1.44. The smallest absolute Gasteiger partial charge is 0.272 e. The summed E-state index contributed by atoms with van der Waals surface area (Å²) in [5.74, 6) is 0.722. The van der Waals surface area contributed by atoms with Gasteiger partial charge in [0, 0.05) is 23.3 Å². The number of halogens is 1. The number of carbonyl (C=O) groups is 1. The number of para-hydroxylation sites is 1. The molecule has 1 atom stereocenters. The molecule has 3 nitrogen and oxygen atoms in total. The van der Waals surface area contributed by atoms with Gasteiger partial charge in [0.1, 0.15) is 5.69 Å². The fourth-order valence-electron chi connectivity index (χ4n) is 2.91. The number of aromatic nitrogens is 1. The van der Waals surface area contributed by atoms with E-state index in [1.54, 1.807) is 0 Å². The van der Waals surface area contributed by atoms with E-state index in [2.05, 4.69) is 27.8 Å². The summed E-state index contributed by atoms with van der Waals surface area (Å²) in [7, 11) is 0. The van der Waals surface area contributed by atoms with Crippen molar-refractivity contribution >= 4 is 32.7 Å². The van der Waals surface area contributed by atoms with Gasteiger partial charge in [-0.15, -0.1) is 0 Å². The Morgan fingerprint density at radius 3 is 2.67 bits per heavy atom. The molecule has 2 heterocycles. The highest BCUT2D eigenvalue weighted by Gasteiger charge is 2.26. The van der Waals surface area contributed by atoms with Gasteiger partial charge in [-0.2, -0.15) is 0 Å². The number of fused-ring (bicyclic) bond motifs is 1. The third kappa shape index (κ3) is 3.10. The van der Waals surface area contributed by atoms with Crippen molar-refractivity contribution in [2.45, 2.75) is 24.6 Å². The van der Waals surface area contributed by atoms with Gasteiger partial charge in [-0.25, -0.2) is 4.98 Å². The van der Waals surface area contributed by atoms with E-state index < -0.39 is 0 Å². The van der Waals surface area contributed by atoms with Crippen molar-refractivity contribution in [1.29, 1.82) is 0 Å². The van der Waals surface area contributed by atoms with Crippen molar-refractivity contribution in [3.63, 3.8) is 0 Å². The fourth-order valence-corrected chi connectivity index (χ4v) is 3.44. The summed E-state index contributed by atoms with van der Waals surface area (Å²) in [6.07, 6.45) is 2.12.